The van der Waals surface area contributed by atoms with Crippen LogP contribution in [0.3, 0.4) is 0 Å². The van der Waals surface area contributed by atoms with Gasteiger partial charge in [0.15, 0.2) is 5.50 Å². The van der Waals surface area contributed by atoms with Crippen molar-refractivity contribution in [3.63, 3.8) is 0 Å². The molecule has 1 amide bonds. The Morgan fingerprint density at radius 3 is 2.78 bits per heavy atom. The zero-order valence-corrected chi connectivity index (χ0v) is 21.0. The van der Waals surface area contributed by atoms with Crippen LogP contribution < -0.4 is 16.0 Å². The first-order valence-corrected chi connectivity index (χ1v) is 12.9. The molecule has 4 heterocycles. The van der Waals surface area contributed by atoms with Crippen molar-refractivity contribution in [1.82, 2.24) is 20.9 Å². The second kappa shape index (κ2) is 11.3. The molecule has 3 aliphatic heterocycles. The van der Waals surface area contributed by atoms with E-state index in [-0.39, 0.29) is 11.5 Å². The molecule has 192 valence electrons. The van der Waals surface area contributed by atoms with Crippen LogP contribution in [-0.4, -0.2) is 49.2 Å². The zero-order chi connectivity index (χ0) is 25.8. The molecule has 37 heavy (non-hydrogen) atoms. The maximum Gasteiger partial charge on any atom is 0.261 e. The molecule has 1 aromatic rings. The summed E-state index contributed by atoms with van der Waals surface area (Å²) in [5.74, 6) is 13.0. The van der Waals surface area contributed by atoms with E-state index in [0.29, 0.717) is 41.7 Å². The highest BCUT2D eigenvalue weighted by Gasteiger charge is 2.28. The van der Waals surface area contributed by atoms with E-state index in [4.69, 9.17) is 9.47 Å². The fourth-order valence-electron chi connectivity index (χ4n) is 3.93. The number of aromatic nitrogens is 1. The van der Waals surface area contributed by atoms with Crippen molar-refractivity contribution in [1.29, 1.82) is 0 Å². The Balaban J connectivity index is 1.42. The molecule has 0 bridgehead atoms. The number of hydrogen-bond donors (Lipinski definition) is 3. The summed E-state index contributed by atoms with van der Waals surface area (Å²) in [6.45, 7) is 1.24. The van der Waals surface area contributed by atoms with Gasteiger partial charge in [-0.1, -0.05) is 29.5 Å². The highest BCUT2D eigenvalue weighted by Crippen LogP contribution is 2.32. The number of halogens is 2. The van der Waals surface area contributed by atoms with E-state index in [9.17, 15) is 13.6 Å². The average molecular weight is 525 g/mol. The molecule has 10 heteroatoms. The van der Waals surface area contributed by atoms with Gasteiger partial charge >= 0.3 is 0 Å². The third-order valence-corrected chi connectivity index (χ3v) is 7.10. The smallest absolute Gasteiger partial charge is 0.261 e. The number of alkyl halides is 2. The van der Waals surface area contributed by atoms with Gasteiger partial charge in [0.2, 0.25) is 0 Å². The Morgan fingerprint density at radius 1 is 1.22 bits per heavy atom. The Hall–Kier alpha value is -3.47. The fourth-order valence-corrected chi connectivity index (χ4v) is 4.74. The highest BCUT2D eigenvalue weighted by molar-refractivity contribution is 8.04. The van der Waals surface area contributed by atoms with Crippen molar-refractivity contribution < 1.29 is 23.0 Å². The quantitative estimate of drug-likeness (QED) is 0.511. The first-order chi connectivity index (χ1) is 18.0. The normalized spacial score (nSPS) is 24.3. The molecule has 1 saturated heterocycles. The second-order valence-electron chi connectivity index (χ2n) is 8.96. The van der Waals surface area contributed by atoms with Gasteiger partial charge in [-0.25, -0.2) is 13.8 Å². The predicted octanol–water partition coefficient (Wildman–Crippen LogP) is 3.18. The number of pyridine rings is 1. The Morgan fingerprint density at radius 2 is 2.05 bits per heavy atom. The maximum absolute atomic E-state index is 13.6. The van der Waals surface area contributed by atoms with Crippen LogP contribution in [-0.2, 0) is 9.47 Å². The van der Waals surface area contributed by atoms with E-state index in [1.807, 2.05) is 0 Å². The summed E-state index contributed by atoms with van der Waals surface area (Å²) in [7, 11) is 1.45. The van der Waals surface area contributed by atoms with Gasteiger partial charge in [0.25, 0.3) is 12.3 Å². The van der Waals surface area contributed by atoms with Crippen LogP contribution in [0.2, 0.25) is 0 Å². The van der Waals surface area contributed by atoms with Crippen molar-refractivity contribution in [2.24, 2.45) is 11.8 Å². The molecule has 3 N–H and O–H groups in total. The monoisotopic (exact) mass is 524 g/mol. The molecule has 1 aromatic heterocycles. The number of methoxy groups -OCH3 is 1. The lowest BCUT2D eigenvalue weighted by molar-refractivity contribution is 0.0947. The largest absolute Gasteiger partial charge is 0.495 e. The number of dihydropyridines is 1. The molecule has 7 nitrogen and oxygen atoms in total. The second-order valence-corrected chi connectivity index (χ2v) is 10.1. The van der Waals surface area contributed by atoms with Crippen LogP contribution >= 0.6 is 11.8 Å². The van der Waals surface area contributed by atoms with Crippen molar-refractivity contribution in [3.8, 4) is 23.7 Å². The third kappa shape index (κ3) is 6.27. The van der Waals surface area contributed by atoms with Crippen molar-refractivity contribution in [2.75, 3.05) is 20.3 Å². The van der Waals surface area contributed by atoms with Gasteiger partial charge in [0, 0.05) is 48.2 Å². The first kappa shape index (κ1) is 25.2. The van der Waals surface area contributed by atoms with Crippen LogP contribution in [0.1, 0.15) is 40.9 Å². The van der Waals surface area contributed by atoms with Gasteiger partial charge < -0.3 is 25.4 Å². The minimum atomic E-state index is -2.65. The highest BCUT2D eigenvalue weighted by atomic mass is 32.2. The number of carbonyl (C=O) groups is 1. The SMILES string of the molecule is COC1=CNC(C(F)F)C=C1c1cc(C#CC2CCOC2)ncc1C(=O)NC1NC=C(C#CC2CC2)S1. The Bertz CT molecular complexity index is 1280. The summed E-state index contributed by atoms with van der Waals surface area (Å²) in [5.41, 5.74) is 1.00. The lowest BCUT2D eigenvalue weighted by Gasteiger charge is -2.24. The minimum absolute atomic E-state index is 0.110. The number of thioether (sulfide) groups is 1. The van der Waals surface area contributed by atoms with Crippen LogP contribution in [0.4, 0.5) is 8.78 Å². The maximum atomic E-state index is 13.6. The van der Waals surface area contributed by atoms with Crippen LogP contribution in [0.5, 0.6) is 0 Å². The van der Waals surface area contributed by atoms with Crippen molar-refractivity contribution >= 4 is 23.2 Å². The van der Waals surface area contributed by atoms with E-state index in [1.54, 1.807) is 12.3 Å². The predicted molar refractivity (Wildman–Crippen MR) is 137 cm³/mol. The summed E-state index contributed by atoms with van der Waals surface area (Å²) < 4.78 is 37.9. The standard InChI is InChI=1S/C27H26F2N4O3S/c1-35-24-14-31-23(25(28)29)11-21(24)20-10-18(6-4-17-8-9-36-15-17)30-13-22(20)26(34)33-27-32-12-19(37-27)7-5-16-2-3-16/h10-14,16-17,23,25,27,31-32H,2-3,8-9,15H2,1H3,(H,33,34). The number of nitrogens with zero attached hydrogens (tertiary/aromatic N) is 1. The number of rotatable bonds is 5. The zero-order valence-electron chi connectivity index (χ0n) is 20.1. The van der Waals surface area contributed by atoms with E-state index in [1.165, 1.54) is 37.3 Å². The molecule has 2 fully saturated rings. The number of ether oxygens (including phenoxy) is 2. The van der Waals surface area contributed by atoms with Gasteiger partial charge in [0.1, 0.15) is 17.5 Å². The summed E-state index contributed by atoms with van der Waals surface area (Å²) in [6.07, 6.45) is 6.43. The fraction of sp³-hybridized carbons (Fsp3) is 0.407. The number of carbonyl (C=O) groups excluding carboxylic acids is 1. The van der Waals surface area contributed by atoms with Gasteiger partial charge in [-0.15, -0.1) is 0 Å². The molecule has 0 radical (unpaired) electrons. The molecular weight excluding hydrogens is 498 g/mol. The van der Waals surface area contributed by atoms with Gasteiger partial charge in [0.05, 0.1) is 24.2 Å². The summed E-state index contributed by atoms with van der Waals surface area (Å²) >= 11 is 1.41. The minimum Gasteiger partial charge on any atom is -0.495 e. The summed E-state index contributed by atoms with van der Waals surface area (Å²) in [4.78, 5) is 18.6. The van der Waals surface area contributed by atoms with Gasteiger partial charge in [-0.3, -0.25) is 4.79 Å². The molecule has 3 atom stereocenters. The molecule has 3 unspecified atom stereocenters. The number of nitrogens with one attached hydrogen (secondary N) is 3. The van der Waals surface area contributed by atoms with Crippen molar-refractivity contribution in [2.45, 2.75) is 37.2 Å². The van der Waals surface area contributed by atoms with E-state index >= 15 is 0 Å². The van der Waals surface area contributed by atoms with Crippen molar-refractivity contribution in [3.05, 3.63) is 58.2 Å². The first-order valence-electron chi connectivity index (χ1n) is 12.1. The van der Waals surface area contributed by atoms with E-state index < -0.39 is 23.9 Å². The molecule has 0 spiro atoms. The number of allylic oxidation sites excluding steroid dienone is 2. The number of hydrogen-bond acceptors (Lipinski definition) is 7. The molecular formula is C27H26F2N4O3S. The lowest BCUT2D eigenvalue weighted by Crippen LogP contribution is -2.39. The van der Waals surface area contributed by atoms with E-state index in [0.717, 1.165) is 24.2 Å². The molecule has 1 saturated carbocycles. The molecule has 5 rings (SSSR count). The van der Waals surface area contributed by atoms with Crippen LogP contribution in [0.15, 0.2) is 41.4 Å². The molecule has 4 aliphatic rings. The van der Waals surface area contributed by atoms with Gasteiger partial charge in [-0.05, 0) is 37.3 Å². The molecule has 0 aromatic carbocycles. The van der Waals surface area contributed by atoms with Crippen LogP contribution in [0, 0.1) is 35.5 Å². The number of amides is 1. The van der Waals surface area contributed by atoms with E-state index in [2.05, 4.69) is 44.6 Å². The third-order valence-electron chi connectivity index (χ3n) is 6.13. The Labute approximate surface area is 218 Å². The Kier molecular flexibility index (Phi) is 7.68. The summed E-state index contributed by atoms with van der Waals surface area (Å²) in [5, 5.41) is 8.66. The van der Waals surface area contributed by atoms with Crippen LogP contribution in [0.25, 0.3) is 5.57 Å². The summed E-state index contributed by atoms with van der Waals surface area (Å²) in [6, 6.07) is 0.414. The lowest BCUT2D eigenvalue weighted by atomic mass is 9.95. The molecule has 1 aliphatic carbocycles. The average Bonchev–Trinajstić information content (AvgIpc) is 3.38. The van der Waals surface area contributed by atoms with Gasteiger partial charge in [-0.2, -0.15) is 0 Å². The topological polar surface area (TPSA) is 84.5 Å².